The summed E-state index contributed by atoms with van der Waals surface area (Å²) in [7, 11) is 1.63. The van der Waals surface area contributed by atoms with Crippen molar-refractivity contribution in [1.29, 1.82) is 0 Å². The monoisotopic (exact) mass is 264 g/mol. The summed E-state index contributed by atoms with van der Waals surface area (Å²) in [5.74, 6) is -0.334. The minimum atomic E-state index is -0.792. The quantitative estimate of drug-likeness (QED) is 0.857. The standard InChI is InChI=1S/C14H20N2O3/c1-10-5-8-15-12(17)11(10)13(18)16(2)9-14(19)6-3-4-7-14/h5,8,19H,3-4,6-7,9H2,1-2H3,(H,15,17). The maximum Gasteiger partial charge on any atom is 0.261 e. The summed E-state index contributed by atoms with van der Waals surface area (Å²) in [6, 6.07) is 1.70. The van der Waals surface area contributed by atoms with Gasteiger partial charge in [0, 0.05) is 19.8 Å². The third-order valence-electron chi connectivity index (χ3n) is 3.80. The average Bonchev–Trinajstić information content (AvgIpc) is 2.75. The lowest BCUT2D eigenvalue weighted by molar-refractivity contribution is 0.0156. The molecule has 2 rings (SSSR count). The topological polar surface area (TPSA) is 73.4 Å². The van der Waals surface area contributed by atoms with Crippen LogP contribution in [0.4, 0.5) is 0 Å². The summed E-state index contributed by atoms with van der Waals surface area (Å²) in [5.41, 5.74) is -0.360. The minimum Gasteiger partial charge on any atom is -0.388 e. The van der Waals surface area contributed by atoms with Crippen molar-refractivity contribution >= 4 is 5.91 Å². The molecule has 0 aliphatic heterocycles. The van der Waals surface area contributed by atoms with Crippen molar-refractivity contribution in [2.75, 3.05) is 13.6 Å². The molecule has 5 nitrogen and oxygen atoms in total. The van der Waals surface area contributed by atoms with Gasteiger partial charge in [-0.25, -0.2) is 0 Å². The van der Waals surface area contributed by atoms with Gasteiger partial charge in [-0.05, 0) is 31.4 Å². The summed E-state index contributed by atoms with van der Waals surface area (Å²) >= 11 is 0. The van der Waals surface area contributed by atoms with E-state index >= 15 is 0 Å². The van der Waals surface area contributed by atoms with E-state index in [0.717, 1.165) is 25.7 Å². The van der Waals surface area contributed by atoms with Gasteiger partial charge in [0.15, 0.2) is 0 Å². The summed E-state index contributed by atoms with van der Waals surface area (Å²) in [5, 5.41) is 10.3. The number of H-pyrrole nitrogens is 1. The first-order chi connectivity index (χ1) is 8.93. The van der Waals surface area contributed by atoms with Gasteiger partial charge in [0.25, 0.3) is 11.5 Å². The molecule has 1 fully saturated rings. The summed E-state index contributed by atoms with van der Waals surface area (Å²) in [4.78, 5) is 28.0. The van der Waals surface area contributed by atoms with Crippen LogP contribution in [0.1, 0.15) is 41.6 Å². The zero-order valence-corrected chi connectivity index (χ0v) is 11.4. The molecule has 0 unspecified atom stereocenters. The molecule has 1 aromatic rings. The number of carbonyl (C=O) groups excluding carboxylic acids is 1. The van der Waals surface area contributed by atoms with Crippen LogP contribution in [0, 0.1) is 6.92 Å². The fraction of sp³-hybridized carbons (Fsp3) is 0.571. The van der Waals surface area contributed by atoms with Crippen molar-refractivity contribution < 1.29 is 9.90 Å². The number of rotatable bonds is 3. The van der Waals surface area contributed by atoms with Gasteiger partial charge in [-0.3, -0.25) is 9.59 Å². The Hall–Kier alpha value is -1.62. The van der Waals surface area contributed by atoms with Crippen LogP contribution in [0.25, 0.3) is 0 Å². The van der Waals surface area contributed by atoms with Gasteiger partial charge in [-0.2, -0.15) is 0 Å². The van der Waals surface area contributed by atoms with E-state index in [0.29, 0.717) is 5.56 Å². The van der Waals surface area contributed by atoms with E-state index in [-0.39, 0.29) is 23.6 Å². The SMILES string of the molecule is Cc1cc[nH]c(=O)c1C(=O)N(C)CC1(O)CCCC1. The first kappa shape index (κ1) is 13.8. The van der Waals surface area contributed by atoms with Crippen LogP contribution in [-0.2, 0) is 0 Å². The second-order valence-electron chi connectivity index (χ2n) is 5.46. The van der Waals surface area contributed by atoms with E-state index in [9.17, 15) is 14.7 Å². The van der Waals surface area contributed by atoms with Crippen LogP contribution in [0.3, 0.4) is 0 Å². The Labute approximate surface area is 112 Å². The van der Waals surface area contributed by atoms with Gasteiger partial charge in [0.05, 0.1) is 5.60 Å². The van der Waals surface area contributed by atoms with Crippen LogP contribution in [0.2, 0.25) is 0 Å². The molecule has 0 atom stereocenters. The Morgan fingerprint density at radius 2 is 2.11 bits per heavy atom. The zero-order valence-electron chi connectivity index (χ0n) is 11.4. The van der Waals surface area contributed by atoms with Crippen LogP contribution >= 0.6 is 0 Å². The van der Waals surface area contributed by atoms with Crippen molar-refractivity contribution in [2.24, 2.45) is 0 Å². The average molecular weight is 264 g/mol. The molecule has 2 N–H and O–H groups in total. The first-order valence-corrected chi connectivity index (χ1v) is 6.59. The van der Waals surface area contributed by atoms with E-state index in [2.05, 4.69) is 4.98 Å². The molecule has 5 heteroatoms. The lowest BCUT2D eigenvalue weighted by atomic mass is 10.0. The van der Waals surface area contributed by atoms with E-state index in [1.165, 1.54) is 11.1 Å². The summed E-state index contributed by atoms with van der Waals surface area (Å²) < 4.78 is 0. The molecule has 0 spiro atoms. The Bertz CT molecular complexity index is 530. The largest absolute Gasteiger partial charge is 0.388 e. The molecule has 104 valence electrons. The number of nitrogens with zero attached hydrogens (tertiary/aromatic N) is 1. The maximum absolute atomic E-state index is 12.3. The van der Waals surface area contributed by atoms with Crippen LogP contribution < -0.4 is 5.56 Å². The number of nitrogens with one attached hydrogen (secondary N) is 1. The number of aryl methyl sites for hydroxylation is 1. The predicted molar refractivity (Wildman–Crippen MR) is 72.2 cm³/mol. The molecule has 1 aliphatic rings. The van der Waals surface area contributed by atoms with E-state index in [4.69, 9.17) is 0 Å². The Balaban J connectivity index is 2.17. The fourth-order valence-electron chi connectivity index (χ4n) is 2.74. The molecular formula is C14H20N2O3. The first-order valence-electron chi connectivity index (χ1n) is 6.59. The van der Waals surface area contributed by atoms with E-state index in [1.807, 2.05) is 0 Å². The molecule has 1 amide bonds. The third-order valence-corrected chi connectivity index (χ3v) is 3.80. The molecule has 1 aromatic heterocycles. The van der Waals surface area contributed by atoms with Gasteiger partial charge in [-0.1, -0.05) is 12.8 Å². The molecule has 1 aliphatic carbocycles. The van der Waals surface area contributed by atoms with Crippen LogP contribution in [0.15, 0.2) is 17.1 Å². The number of amides is 1. The Morgan fingerprint density at radius 3 is 2.68 bits per heavy atom. The van der Waals surface area contributed by atoms with Gasteiger partial charge in [0.1, 0.15) is 5.56 Å². The lowest BCUT2D eigenvalue weighted by Gasteiger charge is -2.28. The number of hydrogen-bond donors (Lipinski definition) is 2. The molecule has 0 radical (unpaired) electrons. The van der Waals surface area contributed by atoms with Crippen molar-refractivity contribution in [1.82, 2.24) is 9.88 Å². The molecule has 1 heterocycles. The third kappa shape index (κ3) is 2.87. The van der Waals surface area contributed by atoms with Gasteiger partial charge in [0.2, 0.25) is 0 Å². The van der Waals surface area contributed by atoms with Crippen molar-refractivity contribution in [3.63, 3.8) is 0 Å². The number of likely N-dealkylation sites (N-methyl/N-ethyl adjacent to an activating group) is 1. The molecule has 0 saturated heterocycles. The number of aromatic amines is 1. The highest BCUT2D eigenvalue weighted by atomic mass is 16.3. The minimum absolute atomic E-state index is 0.159. The maximum atomic E-state index is 12.3. The number of carbonyl (C=O) groups is 1. The van der Waals surface area contributed by atoms with Crippen LogP contribution in [-0.4, -0.2) is 40.1 Å². The number of pyridine rings is 1. The Morgan fingerprint density at radius 1 is 1.47 bits per heavy atom. The fourth-order valence-corrected chi connectivity index (χ4v) is 2.74. The molecule has 0 aromatic carbocycles. The molecule has 19 heavy (non-hydrogen) atoms. The zero-order chi connectivity index (χ0) is 14.0. The highest BCUT2D eigenvalue weighted by molar-refractivity contribution is 5.95. The molecule has 0 bridgehead atoms. The predicted octanol–water partition coefficient (Wildman–Crippen LogP) is 1.06. The number of aliphatic hydroxyl groups is 1. The van der Waals surface area contributed by atoms with Crippen LogP contribution in [0.5, 0.6) is 0 Å². The van der Waals surface area contributed by atoms with Crippen molar-refractivity contribution in [2.45, 2.75) is 38.2 Å². The Kier molecular flexibility index (Phi) is 3.75. The van der Waals surface area contributed by atoms with E-state index in [1.54, 1.807) is 20.0 Å². The van der Waals surface area contributed by atoms with E-state index < -0.39 is 5.60 Å². The smallest absolute Gasteiger partial charge is 0.261 e. The highest BCUT2D eigenvalue weighted by Crippen LogP contribution is 2.30. The van der Waals surface area contributed by atoms with Crippen molar-refractivity contribution in [3.8, 4) is 0 Å². The number of hydrogen-bond acceptors (Lipinski definition) is 3. The number of aromatic nitrogens is 1. The van der Waals surface area contributed by atoms with Gasteiger partial charge >= 0.3 is 0 Å². The van der Waals surface area contributed by atoms with Gasteiger partial charge in [-0.15, -0.1) is 0 Å². The van der Waals surface area contributed by atoms with Crippen molar-refractivity contribution in [3.05, 3.63) is 33.7 Å². The summed E-state index contributed by atoms with van der Waals surface area (Å²) in [6.07, 6.45) is 4.94. The second-order valence-corrected chi connectivity index (χ2v) is 5.46. The second kappa shape index (κ2) is 5.17. The molecule has 1 saturated carbocycles. The highest BCUT2D eigenvalue weighted by Gasteiger charge is 2.34. The lowest BCUT2D eigenvalue weighted by Crippen LogP contribution is -2.43. The van der Waals surface area contributed by atoms with Gasteiger partial charge < -0.3 is 15.0 Å². The normalized spacial score (nSPS) is 17.4. The molecular weight excluding hydrogens is 244 g/mol. The summed E-state index contributed by atoms with van der Waals surface area (Å²) in [6.45, 7) is 2.01.